The first-order valence-electron chi connectivity index (χ1n) is 7.98. The van der Waals surface area contributed by atoms with Gasteiger partial charge in [0.2, 0.25) is 0 Å². The summed E-state index contributed by atoms with van der Waals surface area (Å²) in [5, 5.41) is 47.3. The average molecular weight is 376 g/mol. The van der Waals surface area contributed by atoms with Crippen LogP contribution in [-0.4, -0.2) is 55.2 Å². The lowest BCUT2D eigenvalue weighted by Gasteiger charge is -2.16. The maximum Gasteiger partial charge on any atom is 0.353 e. The van der Waals surface area contributed by atoms with Crippen molar-refractivity contribution in [3.05, 3.63) is 45.8 Å². The Kier molecular flexibility index (Phi) is 6.59. The quantitative estimate of drug-likeness (QED) is 0.287. The molecule has 1 aromatic heterocycles. The Labute approximate surface area is 154 Å². The fourth-order valence-electron chi connectivity index (χ4n) is 3.04. The number of carbonyl (C=O) groups is 2. The lowest BCUT2D eigenvalue weighted by molar-refractivity contribution is 0.0686. The number of nitrogens with zero attached hydrogens (tertiary/aromatic N) is 1. The number of carboxylic acid groups (broad SMARTS) is 1. The minimum atomic E-state index is -1.36. The molecule has 2 aromatic rings. The van der Waals surface area contributed by atoms with Crippen LogP contribution in [0.5, 0.6) is 0 Å². The number of carboxylic acids is 1. The number of aromatic nitrogens is 1. The van der Waals surface area contributed by atoms with E-state index in [1.54, 1.807) is 0 Å². The van der Waals surface area contributed by atoms with Gasteiger partial charge in [-0.25, -0.2) is 4.79 Å². The van der Waals surface area contributed by atoms with E-state index in [9.17, 15) is 30.0 Å². The van der Waals surface area contributed by atoms with E-state index in [-0.39, 0.29) is 40.2 Å². The molecule has 0 unspecified atom stereocenters. The number of aromatic carboxylic acids is 1. The highest BCUT2D eigenvalue weighted by Gasteiger charge is 2.27. The highest BCUT2D eigenvalue weighted by Crippen LogP contribution is 2.35. The highest BCUT2D eigenvalue weighted by atomic mass is 16.4. The molecule has 6 N–H and O–H groups in total. The molecule has 0 atom stereocenters. The van der Waals surface area contributed by atoms with E-state index < -0.39 is 31.7 Å². The summed E-state index contributed by atoms with van der Waals surface area (Å²) in [6, 6.07) is 3.04. The Hall–Kier alpha value is -2.85. The molecule has 0 spiro atoms. The van der Waals surface area contributed by atoms with E-state index in [2.05, 4.69) is 9.98 Å². The fraction of sp³-hybridized carbons (Fsp3) is 0.278. The van der Waals surface area contributed by atoms with Crippen LogP contribution in [0.25, 0.3) is 11.1 Å². The van der Waals surface area contributed by atoms with Crippen LogP contribution < -0.4 is 0 Å². The number of Topliss-reactive ketones (excluding diaryl/α,β-unsaturated/α-hetero) is 1. The van der Waals surface area contributed by atoms with Crippen LogP contribution >= 0.6 is 0 Å². The van der Waals surface area contributed by atoms with Gasteiger partial charge in [0, 0.05) is 11.8 Å². The number of benzene rings is 1. The molecule has 27 heavy (non-hydrogen) atoms. The molecule has 0 amide bonds. The number of aliphatic imine (C=N–C) groups is 1. The number of H-pyrrole nitrogens is 1. The second kappa shape index (κ2) is 8.69. The summed E-state index contributed by atoms with van der Waals surface area (Å²) in [5.74, 6) is -1.88. The van der Waals surface area contributed by atoms with Gasteiger partial charge in [0.15, 0.2) is 5.78 Å². The summed E-state index contributed by atoms with van der Waals surface area (Å²) in [5.41, 5.74) is 1.12. The second-order valence-corrected chi connectivity index (χ2v) is 5.68. The number of hydrogen-bond donors (Lipinski definition) is 6. The lowest BCUT2D eigenvalue weighted by Crippen LogP contribution is -2.07. The predicted octanol–water partition coefficient (Wildman–Crippen LogP) is 0.428. The minimum Gasteiger partial charge on any atom is -0.477 e. The third-order valence-corrected chi connectivity index (χ3v) is 4.18. The van der Waals surface area contributed by atoms with Crippen molar-refractivity contribution >= 4 is 18.0 Å². The van der Waals surface area contributed by atoms with Crippen molar-refractivity contribution in [1.82, 2.24) is 4.98 Å². The zero-order valence-electron chi connectivity index (χ0n) is 14.6. The molecule has 9 heteroatoms. The van der Waals surface area contributed by atoms with E-state index in [0.717, 1.165) is 0 Å². The number of rotatable bonds is 8. The topological polar surface area (TPSA) is 163 Å². The van der Waals surface area contributed by atoms with Gasteiger partial charge in [0.1, 0.15) is 12.4 Å². The van der Waals surface area contributed by atoms with Gasteiger partial charge < -0.3 is 30.5 Å². The number of carbonyl (C=O) groups excluding carboxylic acids is 1. The SMILES string of the molecule is CC(=O)c1c(C(=O)O)[nH]c(C=NCO)c1-c1ccc(CO)c(CO)c1CO. The molecule has 0 saturated heterocycles. The van der Waals surface area contributed by atoms with Gasteiger partial charge in [-0.3, -0.25) is 9.79 Å². The Morgan fingerprint density at radius 2 is 1.74 bits per heavy atom. The van der Waals surface area contributed by atoms with Gasteiger partial charge in [0.25, 0.3) is 0 Å². The van der Waals surface area contributed by atoms with Gasteiger partial charge in [0.05, 0.1) is 31.1 Å². The van der Waals surface area contributed by atoms with Crippen molar-refractivity contribution in [2.45, 2.75) is 26.7 Å². The minimum absolute atomic E-state index is 0.114. The molecule has 9 nitrogen and oxygen atoms in total. The zero-order valence-corrected chi connectivity index (χ0v) is 14.6. The van der Waals surface area contributed by atoms with E-state index in [1.807, 2.05) is 0 Å². The van der Waals surface area contributed by atoms with E-state index >= 15 is 0 Å². The van der Waals surface area contributed by atoms with E-state index in [4.69, 9.17) is 5.11 Å². The normalized spacial score (nSPS) is 11.3. The molecular formula is C18H20N2O7. The molecular weight excluding hydrogens is 356 g/mol. The Bertz CT molecular complexity index is 900. The standard InChI is InChI=1S/C18H20N2O7/c1-9(25)15-16(14(4-19-8-24)20-17(15)18(26)27)11-3-2-10(5-21)12(6-22)13(11)7-23/h2-4,20-24H,5-8H2,1H3,(H,26,27). The summed E-state index contributed by atoms with van der Waals surface area (Å²) in [7, 11) is 0. The van der Waals surface area contributed by atoms with Crippen molar-refractivity contribution < 1.29 is 35.1 Å². The Balaban J connectivity index is 2.94. The van der Waals surface area contributed by atoms with Crippen molar-refractivity contribution in [2.24, 2.45) is 4.99 Å². The Morgan fingerprint density at radius 3 is 2.22 bits per heavy atom. The number of aromatic amines is 1. The monoisotopic (exact) mass is 376 g/mol. The smallest absolute Gasteiger partial charge is 0.353 e. The molecule has 2 rings (SSSR count). The molecule has 0 aliphatic rings. The molecule has 144 valence electrons. The number of aliphatic hydroxyl groups excluding tert-OH is 4. The van der Waals surface area contributed by atoms with Crippen LogP contribution in [0, 0.1) is 0 Å². The van der Waals surface area contributed by atoms with Crippen molar-refractivity contribution in [3.63, 3.8) is 0 Å². The van der Waals surface area contributed by atoms with Gasteiger partial charge >= 0.3 is 5.97 Å². The van der Waals surface area contributed by atoms with Gasteiger partial charge in [-0.15, -0.1) is 0 Å². The fourth-order valence-corrected chi connectivity index (χ4v) is 3.04. The van der Waals surface area contributed by atoms with E-state index in [1.165, 1.54) is 25.3 Å². The van der Waals surface area contributed by atoms with Crippen LogP contribution in [0.2, 0.25) is 0 Å². The maximum absolute atomic E-state index is 12.2. The zero-order chi connectivity index (χ0) is 20.1. The van der Waals surface area contributed by atoms with Gasteiger partial charge in [-0.05, 0) is 29.2 Å². The number of nitrogens with one attached hydrogen (secondary N) is 1. The molecule has 1 heterocycles. The first-order valence-corrected chi connectivity index (χ1v) is 7.98. The predicted molar refractivity (Wildman–Crippen MR) is 95.6 cm³/mol. The first kappa shape index (κ1) is 20.5. The molecule has 1 aromatic carbocycles. The number of aliphatic hydroxyl groups is 4. The lowest BCUT2D eigenvalue weighted by atomic mass is 9.89. The molecule has 0 fully saturated rings. The summed E-state index contributed by atoms with van der Waals surface area (Å²) >= 11 is 0. The van der Waals surface area contributed by atoms with Gasteiger partial charge in [-0.2, -0.15) is 0 Å². The number of hydrogen-bond acceptors (Lipinski definition) is 7. The number of ketones is 1. The van der Waals surface area contributed by atoms with Crippen molar-refractivity contribution in [2.75, 3.05) is 6.73 Å². The van der Waals surface area contributed by atoms with E-state index in [0.29, 0.717) is 11.1 Å². The third-order valence-electron chi connectivity index (χ3n) is 4.18. The van der Waals surface area contributed by atoms with Crippen molar-refractivity contribution in [1.29, 1.82) is 0 Å². The van der Waals surface area contributed by atoms with Crippen LogP contribution in [0.15, 0.2) is 17.1 Å². The summed E-state index contributed by atoms with van der Waals surface area (Å²) < 4.78 is 0. The van der Waals surface area contributed by atoms with Crippen LogP contribution in [0.4, 0.5) is 0 Å². The average Bonchev–Trinajstić information content (AvgIpc) is 3.04. The maximum atomic E-state index is 12.2. The van der Waals surface area contributed by atoms with Crippen molar-refractivity contribution in [3.8, 4) is 11.1 Å². The summed E-state index contributed by atoms with van der Waals surface area (Å²) in [6.07, 6.45) is 1.19. The Morgan fingerprint density at radius 1 is 1.07 bits per heavy atom. The van der Waals surface area contributed by atoms with Crippen LogP contribution in [-0.2, 0) is 19.8 Å². The molecule has 0 saturated carbocycles. The third kappa shape index (κ3) is 3.81. The van der Waals surface area contributed by atoms with Gasteiger partial charge in [-0.1, -0.05) is 12.1 Å². The summed E-state index contributed by atoms with van der Waals surface area (Å²) in [4.78, 5) is 30.1. The second-order valence-electron chi connectivity index (χ2n) is 5.68. The van der Waals surface area contributed by atoms with Crippen LogP contribution in [0.1, 0.15) is 50.2 Å². The largest absolute Gasteiger partial charge is 0.477 e. The first-order chi connectivity index (χ1) is 12.9. The summed E-state index contributed by atoms with van der Waals surface area (Å²) in [6.45, 7) is -0.685. The molecule has 0 aliphatic carbocycles. The van der Waals surface area contributed by atoms with Crippen LogP contribution in [0.3, 0.4) is 0 Å². The molecule has 0 aliphatic heterocycles. The highest BCUT2D eigenvalue weighted by molar-refractivity contribution is 6.12. The molecule has 0 radical (unpaired) electrons. The molecule has 0 bridgehead atoms.